The Bertz CT molecular complexity index is 769. The van der Waals surface area contributed by atoms with Gasteiger partial charge in [-0.2, -0.15) is 5.26 Å². The quantitative estimate of drug-likeness (QED) is 0.364. The number of rotatable bonds is 4. The molecular weight excluding hydrogens is 313 g/mol. The molecule has 2 rings (SSSR count). The number of carbonyl (C=O) groups is 1. The van der Waals surface area contributed by atoms with Crippen molar-refractivity contribution in [3.05, 3.63) is 47.1 Å². The third-order valence-electron chi connectivity index (χ3n) is 4.91. The minimum absolute atomic E-state index is 0.478. The molecule has 1 fully saturated rings. The molecule has 0 spiro atoms. The van der Waals surface area contributed by atoms with Crippen LogP contribution in [0.5, 0.6) is 0 Å². The second-order valence-corrected chi connectivity index (χ2v) is 7.23. The second-order valence-electron chi connectivity index (χ2n) is 7.23. The number of nitrogens with zero attached hydrogens (tertiary/aromatic N) is 1. The fraction of sp³-hybridized carbons (Fsp3) is 0.400. The van der Waals surface area contributed by atoms with Crippen LogP contribution >= 0.6 is 0 Å². The Morgan fingerprint density at radius 3 is 2.28 bits per heavy atom. The molecule has 1 saturated heterocycles. The first-order chi connectivity index (χ1) is 11.6. The summed E-state index contributed by atoms with van der Waals surface area (Å²) in [4.78, 5) is 11.5. The van der Waals surface area contributed by atoms with Crippen molar-refractivity contribution in [2.45, 2.75) is 52.7 Å². The Hall–Kier alpha value is -2.16. The summed E-state index contributed by atoms with van der Waals surface area (Å²) in [6, 6.07) is 7.67. The van der Waals surface area contributed by atoms with Crippen molar-refractivity contribution in [1.29, 1.82) is 5.26 Å². The number of aldehydes is 1. The van der Waals surface area contributed by atoms with Crippen LogP contribution in [0.1, 0.15) is 57.5 Å². The van der Waals surface area contributed by atoms with Crippen LogP contribution < -0.4 is 5.46 Å². The highest BCUT2D eigenvalue weighted by atomic mass is 16.7. The fourth-order valence-corrected chi connectivity index (χ4v) is 2.63. The van der Waals surface area contributed by atoms with Gasteiger partial charge < -0.3 is 9.31 Å². The van der Waals surface area contributed by atoms with E-state index in [9.17, 15) is 4.79 Å². The topological polar surface area (TPSA) is 59.3 Å². The van der Waals surface area contributed by atoms with Gasteiger partial charge in [0.1, 0.15) is 6.29 Å². The van der Waals surface area contributed by atoms with Crippen LogP contribution in [0.25, 0.3) is 5.57 Å². The molecule has 0 radical (unpaired) electrons. The van der Waals surface area contributed by atoms with Gasteiger partial charge in [-0.05, 0) is 64.2 Å². The normalized spacial score (nSPS) is 19.6. The maximum atomic E-state index is 11.5. The van der Waals surface area contributed by atoms with Crippen molar-refractivity contribution in [2.24, 2.45) is 0 Å². The maximum absolute atomic E-state index is 11.5. The molecule has 25 heavy (non-hydrogen) atoms. The molecule has 0 amide bonds. The lowest BCUT2D eigenvalue weighted by molar-refractivity contribution is 0.00578. The molecule has 1 aromatic rings. The lowest BCUT2D eigenvalue weighted by Gasteiger charge is -2.32. The summed E-state index contributed by atoms with van der Waals surface area (Å²) in [5.41, 5.74) is 2.72. The van der Waals surface area contributed by atoms with Crippen molar-refractivity contribution >= 4 is 24.4 Å². The van der Waals surface area contributed by atoms with Crippen LogP contribution in [0.2, 0.25) is 0 Å². The average molecular weight is 337 g/mol. The van der Waals surface area contributed by atoms with Crippen LogP contribution in [0.15, 0.2) is 35.9 Å². The summed E-state index contributed by atoms with van der Waals surface area (Å²) < 4.78 is 12.2. The summed E-state index contributed by atoms with van der Waals surface area (Å²) in [5.74, 6) is 0. The van der Waals surface area contributed by atoms with Gasteiger partial charge in [0, 0.05) is 11.1 Å². The molecule has 5 heteroatoms. The second kappa shape index (κ2) is 6.99. The van der Waals surface area contributed by atoms with Crippen LogP contribution in [0, 0.1) is 11.3 Å². The number of allylic oxidation sites excluding steroid dienone is 4. The third kappa shape index (κ3) is 3.76. The van der Waals surface area contributed by atoms with Crippen molar-refractivity contribution in [1.82, 2.24) is 0 Å². The summed E-state index contributed by atoms with van der Waals surface area (Å²) in [6.45, 7) is 11.6. The van der Waals surface area contributed by atoms with Gasteiger partial charge in [-0.1, -0.05) is 24.3 Å². The first-order valence-corrected chi connectivity index (χ1v) is 8.35. The van der Waals surface area contributed by atoms with Crippen molar-refractivity contribution in [3.8, 4) is 6.07 Å². The van der Waals surface area contributed by atoms with E-state index in [4.69, 9.17) is 14.6 Å². The summed E-state index contributed by atoms with van der Waals surface area (Å²) in [5, 5.41) is 9.02. The standard InChI is InChI=1S/C20H24BNO3/c1-7-15(10-14(2)12-22)16-8-9-17(13-23)18(11-16)21-24-19(3,4)20(5,6)25-21/h7-11,13H,1-6H3. The monoisotopic (exact) mass is 337 g/mol. The highest BCUT2D eigenvalue weighted by molar-refractivity contribution is 6.63. The molecule has 130 valence electrons. The van der Waals surface area contributed by atoms with Crippen LogP contribution in [-0.4, -0.2) is 24.6 Å². The zero-order valence-corrected chi connectivity index (χ0v) is 15.7. The lowest BCUT2D eigenvalue weighted by atomic mass is 9.75. The molecular formula is C20H24BNO3. The molecule has 0 atom stereocenters. The molecule has 0 saturated carbocycles. The predicted molar refractivity (Wildman–Crippen MR) is 101 cm³/mol. The molecule has 0 bridgehead atoms. The SMILES string of the molecule is CC=C(C=C(C)C#N)c1ccc(C=O)c(B2OC(C)(C)C(C)(C)O2)c1. The maximum Gasteiger partial charge on any atom is 0.495 e. The summed E-state index contributed by atoms with van der Waals surface area (Å²) in [6.07, 6.45) is 4.57. The van der Waals surface area contributed by atoms with Crippen molar-refractivity contribution in [2.75, 3.05) is 0 Å². The number of benzene rings is 1. The molecule has 4 nitrogen and oxygen atoms in total. The van der Waals surface area contributed by atoms with E-state index in [-0.39, 0.29) is 0 Å². The fourth-order valence-electron chi connectivity index (χ4n) is 2.63. The van der Waals surface area contributed by atoms with E-state index in [1.165, 1.54) is 0 Å². The van der Waals surface area contributed by atoms with E-state index >= 15 is 0 Å². The van der Waals surface area contributed by atoms with Crippen molar-refractivity contribution < 1.29 is 14.1 Å². The minimum Gasteiger partial charge on any atom is -0.399 e. The largest absolute Gasteiger partial charge is 0.495 e. The molecule has 1 heterocycles. The smallest absolute Gasteiger partial charge is 0.399 e. The number of hydrogen-bond acceptors (Lipinski definition) is 4. The van der Waals surface area contributed by atoms with E-state index in [2.05, 4.69) is 6.07 Å². The van der Waals surface area contributed by atoms with Crippen LogP contribution in [0.3, 0.4) is 0 Å². The Balaban J connectivity index is 2.50. The number of nitriles is 1. The number of carbonyl (C=O) groups excluding carboxylic acids is 1. The molecule has 0 aliphatic carbocycles. The van der Waals surface area contributed by atoms with Crippen LogP contribution in [-0.2, 0) is 9.31 Å². The molecule has 0 aromatic heterocycles. The zero-order valence-electron chi connectivity index (χ0n) is 15.7. The van der Waals surface area contributed by atoms with E-state index in [0.717, 1.165) is 17.4 Å². The summed E-state index contributed by atoms with van der Waals surface area (Å²) in [7, 11) is -0.607. The summed E-state index contributed by atoms with van der Waals surface area (Å²) >= 11 is 0. The predicted octanol–water partition coefficient (Wildman–Crippen LogP) is 3.67. The molecule has 0 unspecified atom stereocenters. The molecule has 0 N–H and O–H groups in total. The zero-order chi connectivity index (χ0) is 18.8. The lowest BCUT2D eigenvalue weighted by Crippen LogP contribution is -2.41. The van der Waals surface area contributed by atoms with Crippen molar-refractivity contribution in [3.63, 3.8) is 0 Å². The van der Waals surface area contributed by atoms with Crippen LogP contribution in [0.4, 0.5) is 0 Å². The van der Waals surface area contributed by atoms with Gasteiger partial charge in [-0.25, -0.2) is 0 Å². The Labute approximate surface area is 150 Å². The van der Waals surface area contributed by atoms with Gasteiger partial charge in [0.05, 0.1) is 17.3 Å². The minimum atomic E-state index is -0.607. The molecule has 1 aliphatic rings. The highest BCUT2D eigenvalue weighted by Gasteiger charge is 2.52. The first kappa shape index (κ1) is 19.2. The molecule has 1 aliphatic heterocycles. The van der Waals surface area contributed by atoms with Gasteiger partial charge in [0.2, 0.25) is 0 Å². The van der Waals surface area contributed by atoms with Gasteiger partial charge in [-0.3, -0.25) is 4.79 Å². The van der Waals surface area contributed by atoms with E-state index in [1.54, 1.807) is 13.0 Å². The van der Waals surface area contributed by atoms with Gasteiger partial charge in [-0.15, -0.1) is 0 Å². The van der Waals surface area contributed by atoms with Gasteiger partial charge >= 0.3 is 7.12 Å². The third-order valence-corrected chi connectivity index (χ3v) is 4.91. The van der Waals surface area contributed by atoms with Gasteiger partial charge in [0.25, 0.3) is 0 Å². The van der Waals surface area contributed by atoms with Gasteiger partial charge in [0.15, 0.2) is 0 Å². The Morgan fingerprint density at radius 1 is 1.20 bits per heavy atom. The number of hydrogen-bond donors (Lipinski definition) is 0. The first-order valence-electron chi connectivity index (χ1n) is 8.35. The Morgan fingerprint density at radius 2 is 1.80 bits per heavy atom. The molecule has 1 aromatic carbocycles. The highest BCUT2D eigenvalue weighted by Crippen LogP contribution is 2.36. The average Bonchev–Trinajstić information content (AvgIpc) is 2.79. The Kier molecular flexibility index (Phi) is 5.36. The van der Waals surface area contributed by atoms with E-state index in [1.807, 2.05) is 58.9 Å². The van der Waals surface area contributed by atoms with E-state index < -0.39 is 18.3 Å². The van der Waals surface area contributed by atoms with E-state index in [0.29, 0.717) is 16.6 Å².